The highest BCUT2D eigenvalue weighted by atomic mass is 16.7. The fourth-order valence-corrected chi connectivity index (χ4v) is 4.20. The van der Waals surface area contributed by atoms with Gasteiger partial charge in [0.05, 0.1) is 24.4 Å². The predicted octanol–water partition coefficient (Wildman–Crippen LogP) is -0.704. The summed E-state index contributed by atoms with van der Waals surface area (Å²) < 4.78 is 10.9. The van der Waals surface area contributed by atoms with E-state index in [4.69, 9.17) is 9.47 Å². The Hall–Kier alpha value is -0.580. The van der Waals surface area contributed by atoms with Crippen LogP contribution in [0.2, 0.25) is 0 Å². The van der Waals surface area contributed by atoms with E-state index < -0.39 is 60.5 Å². The molecule has 1 aliphatic heterocycles. The lowest BCUT2D eigenvalue weighted by molar-refractivity contribution is -0.306. The van der Waals surface area contributed by atoms with E-state index in [2.05, 4.69) is 0 Å². The second-order valence-electron chi connectivity index (χ2n) is 8.60. The van der Waals surface area contributed by atoms with Crippen LogP contribution in [0.4, 0.5) is 0 Å². The third-order valence-corrected chi connectivity index (χ3v) is 6.03. The maximum atomic E-state index is 11.2. The quantitative estimate of drug-likeness (QED) is 0.339. The first-order valence-electron chi connectivity index (χ1n) is 9.48. The molecule has 1 unspecified atom stereocenters. The number of ether oxygens (including phenoxy) is 2. The van der Waals surface area contributed by atoms with Gasteiger partial charge in [-0.3, -0.25) is 0 Å². The lowest BCUT2D eigenvalue weighted by Crippen LogP contribution is -2.59. The second-order valence-corrected chi connectivity index (χ2v) is 8.60. The third kappa shape index (κ3) is 4.54. The predicted molar refractivity (Wildman–Crippen MR) is 96.6 cm³/mol. The lowest BCUT2D eigenvalue weighted by Gasteiger charge is -2.50. The van der Waals surface area contributed by atoms with Gasteiger partial charge in [0.2, 0.25) is 0 Å². The van der Waals surface area contributed by atoms with E-state index in [-0.39, 0.29) is 5.92 Å². The summed E-state index contributed by atoms with van der Waals surface area (Å²) >= 11 is 0. The number of rotatable bonds is 5. The van der Waals surface area contributed by atoms with Crippen molar-refractivity contribution in [1.82, 2.24) is 0 Å². The van der Waals surface area contributed by atoms with Crippen LogP contribution in [0.15, 0.2) is 12.2 Å². The molecule has 2 fully saturated rings. The summed E-state index contributed by atoms with van der Waals surface area (Å²) in [5.41, 5.74) is -1.68. The third-order valence-electron chi connectivity index (χ3n) is 6.03. The molecule has 0 radical (unpaired) electrons. The molecule has 8 nitrogen and oxygen atoms in total. The van der Waals surface area contributed by atoms with Gasteiger partial charge in [-0.05, 0) is 31.1 Å². The molecule has 2 aliphatic rings. The van der Waals surface area contributed by atoms with Crippen molar-refractivity contribution in [2.45, 2.75) is 89.1 Å². The number of hydrogen-bond acceptors (Lipinski definition) is 8. The molecule has 9 atom stereocenters. The molecular formula is C19H34O8. The highest BCUT2D eigenvalue weighted by Crippen LogP contribution is 2.48. The molecule has 1 saturated carbocycles. The summed E-state index contributed by atoms with van der Waals surface area (Å²) in [6.45, 7) is 6.86. The molecule has 0 amide bonds. The van der Waals surface area contributed by atoms with Crippen molar-refractivity contribution in [1.29, 1.82) is 0 Å². The van der Waals surface area contributed by atoms with E-state index in [9.17, 15) is 30.6 Å². The van der Waals surface area contributed by atoms with Crippen LogP contribution in [-0.2, 0) is 9.47 Å². The van der Waals surface area contributed by atoms with Crippen LogP contribution in [0.1, 0.15) is 40.5 Å². The molecule has 158 valence electrons. The van der Waals surface area contributed by atoms with Gasteiger partial charge in [-0.15, -0.1) is 0 Å². The molecule has 0 aromatic heterocycles. The van der Waals surface area contributed by atoms with E-state index in [1.807, 2.05) is 20.8 Å². The normalized spacial score (nSPS) is 46.5. The van der Waals surface area contributed by atoms with Gasteiger partial charge in [-0.2, -0.15) is 0 Å². The topological polar surface area (TPSA) is 140 Å². The van der Waals surface area contributed by atoms with Gasteiger partial charge in [0.15, 0.2) is 6.29 Å². The van der Waals surface area contributed by atoms with Gasteiger partial charge < -0.3 is 40.1 Å². The maximum Gasteiger partial charge on any atom is 0.187 e. The Morgan fingerprint density at radius 3 is 2.33 bits per heavy atom. The zero-order valence-corrected chi connectivity index (χ0v) is 16.4. The molecule has 1 heterocycles. The highest BCUT2D eigenvalue weighted by Gasteiger charge is 2.50. The van der Waals surface area contributed by atoms with Crippen molar-refractivity contribution in [3.8, 4) is 0 Å². The van der Waals surface area contributed by atoms with Crippen molar-refractivity contribution in [3.05, 3.63) is 12.2 Å². The summed E-state index contributed by atoms with van der Waals surface area (Å²) in [4.78, 5) is 0. The van der Waals surface area contributed by atoms with Gasteiger partial charge in [0.1, 0.15) is 24.4 Å². The summed E-state index contributed by atoms with van der Waals surface area (Å²) in [6, 6.07) is 0. The first-order valence-corrected chi connectivity index (χ1v) is 9.48. The fraction of sp³-hybridized carbons (Fsp3) is 0.895. The number of aliphatic hydroxyl groups is 6. The molecule has 1 saturated heterocycles. The minimum absolute atomic E-state index is 0.160. The van der Waals surface area contributed by atoms with E-state index in [0.29, 0.717) is 12.8 Å². The van der Waals surface area contributed by atoms with Crippen molar-refractivity contribution >= 4 is 0 Å². The van der Waals surface area contributed by atoms with Crippen LogP contribution in [0.3, 0.4) is 0 Å². The largest absolute Gasteiger partial charge is 0.394 e. The van der Waals surface area contributed by atoms with Gasteiger partial charge in [0.25, 0.3) is 0 Å². The Balaban J connectivity index is 2.07. The molecule has 27 heavy (non-hydrogen) atoms. The van der Waals surface area contributed by atoms with Crippen LogP contribution in [0.25, 0.3) is 0 Å². The van der Waals surface area contributed by atoms with Gasteiger partial charge in [-0.25, -0.2) is 0 Å². The van der Waals surface area contributed by atoms with Crippen molar-refractivity contribution in [2.75, 3.05) is 6.61 Å². The molecular weight excluding hydrogens is 356 g/mol. The Kier molecular flexibility index (Phi) is 7.08. The van der Waals surface area contributed by atoms with E-state index in [1.54, 1.807) is 19.1 Å². The summed E-state index contributed by atoms with van der Waals surface area (Å²) in [6.07, 6.45) is -3.42. The van der Waals surface area contributed by atoms with Gasteiger partial charge >= 0.3 is 0 Å². The minimum Gasteiger partial charge on any atom is -0.394 e. The van der Waals surface area contributed by atoms with Crippen molar-refractivity contribution in [2.24, 2.45) is 11.3 Å². The van der Waals surface area contributed by atoms with Crippen LogP contribution in [0, 0.1) is 11.3 Å². The van der Waals surface area contributed by atoms with Crippen LogP contribution < -0.4 is 0 Å². The average molecular weight is 390 g/mol. The Bertz CT molecular complexity index is 522. The number of hydrogen-bond donors (Lipinski definition) is 6. The Morgan fingerprint density at radius 2 is 1.78 bits per heavy atom. The summed E-state index contributed by atoms with van der Waals surface area (Å²) in [7, 11) is 0. The first kappa shape index (κ1) is 22.7. The first-order chi connectivity index (χ1) is 12.4. The molecule has 2 rings (SSSR count). The lowest BCUT2D eigenvalue weighted by atomic mass is 9.60. The molecule has 0 aromatic rings. The highest BCUT2D eigenvalue weighted by molar-refractivity contribution is 5.15. The molecule has 8 heteroatoms. The van der Waals surface area contributed by atoms with Crippen LogP contribution in [-0.4, -0.2) is 85.8 Å². The van der Waals surface area contributed by atoms with E-state index >= 15 is 0 Å². The molecule has 0 spiro atoms. The smallest absolute Gasteiger partial charge is 0.187 e. The molecule has 1 aliphatic carbocycles. The van der Waals surface area contributed by atoms with Crippen molar-refractivity contribution in [3.63, 3.8) is 0 Å². The zero-order valence-electron chi connectivity index (χ0n) is 16.4. The minimum atomic E-state index is -1.50. The maximum absolute atomic E-state index is 11.2. The molecule has 0 aromatic carbocycles. The average Bonchev–Trinajstić information content (AvgIpc) is 2.58. The second kappa shape index (κ2) is 8.42. The fourth-order valence-electron chi connectivity index (χ4n) is 4.20. The number of aliphatic hydroxyl groups excluding tert-OH is 5. The molecule has 6 N–H and O–H groups in total. The summed E-state index contributed by atoms with van der Waals surface area (Å²) in [5, 5.41) is 60.1. The summed E-state index contributed by atoms with van der Waals surface area (Å²) in [5.74, 6) is -0.160. The SMILES string of the molecule is CC(/C=C/[C@@]1(O)[C@H](C)C[C@H](O)CC1(C)C)O[C@@H]1O[C@H](CO)[C@@H](O)[C@H](O)[C@H]1O. The van der Waals surface area contributed by atoms with E-state index in [0.717, 1.165) is 0 Å². The van der Waals surface area contributed by atoms with Gasteiger partial charge in [0, 0.05) is 0 Å². The van der Waals surface area contributed by atoms with E-state index in [1.165, 1.54) is 0 Å². The van der Waals surface area contributed by atoms with Crippen molar-refractivity contribution < 1.29 is 40.1 Å². The molecule has 0 bridgehead atoms. The Labute approximate surface area is 160 Å². The monoisotopic (exact) mass is 390 g/mol. The zero-order chi connectivity index (χ0) is 20.6. The van der Waals surface area contributed by atoms with Crippen LogP contribution >= 0.6 is 0 Å². The van der Waals surface area contributed by atoms with Crippen LogP contribution in [0.5, 0.6) is 0 Å². The standard InChI is InChI=1S/C19H34O8/c1-10-7-12(21)8-18(3,4)19(10,25)6-5-11(2)26-17-16(24)15(23)14(22)13(9-20)27-17/h5-6,10-17,20-25H,7-9H2,1-4H3/b6-5+/t10-,11?,12+,13-,14-,15+,16-,17-,19-/m1/s1. The van der Waals surface area contributed by atoms with Gasteiger partial charge in [-0.1, -0.05) is 32.9 Å². The Morgan fingerprint density at radius 1 is 1.15 bits per heavy atom.